The Morgan fingerprint density at radius 1 is 1.30 bits per heavy atom. The van der Waals surface area contributed by atoms with Crippen LogP contribution < -0.4 is 20.5 Å². The molecule has 2 aliphatic rings. The molecule has 8 heteroatoms. The summed E-state index contributed by atoms with van der Waals surface area (Å²) in [6.07, 6.45) is 1.46. The maximum atomic E-state index is 12.3. The first-order valence-electron chi connectivity index (χ1n) is 7.12. The van der Waals surface area contributed by atoms with Crippen LogP contribution in [0.3, 0.4) is 0 Å². The number of benzene rings is 1. The standard InChI is InChI=1S/C15H13N3O4S/c16-13(19)8-2-4-11-12(8)17-15(23-11)18-14(20)7-1-3-9-10(5-7)22-6-21-9/h1,3,5,8H,2,4,6H2,(H2,16,19)(H,17,18,20). The van der Waals surface area contributed by atoms with Gasteiger partial charge in [-0.3, -0.25) is 14.9 Å². The molecule has 0 saturated heterocycles. The van der Waals surface area contributed by atoms with E-state index in [1.54, 1.807) is 18.2 Å². The molecule has 1 aliphatic heterocycles. The van der Waals surface area contributed by atoms with Gasteiger partial charge in [0, 0.05) is 10.4 Å². The Kier molecular flexibility index (Phi) is 3.19. The van der Waals surface area contributed by atoms with Gasteiger partial charge >= 0.3 is 0 Å². The van der Waals surface area contributed by atoms with E-state index in [9.17, 15) is 9.59 Å². The number of aromatic nitrogens is 1. The van der Waals surface area contributed by atoms with Crippen LogP contribution in [0.2, 0.25) is 0 Å². The third-order valence-electron chi connectivity index (χ3n) is 3.92. The number of carbonyl (C=O) groups is 2. The Bertz CT molecular complexity index is 817. The minimum atomic E-state index is -0.373. The first kappa shape index (κ1) is 14.0. The van der Waals surface area contributed by atoms with Crippen LogP contribution >= 0.6 is 11.3 Å². The lowest BCUT2D eigenvalue weighted by Gasteiger charge is -2.04. The van der Waals surface area contributed by atoms with Gasteiger partial charge in [-0.1, -0.05) is 0 Å². The molecule has 4 rings (SSSR count). The first-order chi connectivity index (χ1) is 11.1. The summed E-state index contributed by atoms with van der Waals surface area (Å²) in [5.74, 6) is 0.165. The molecule has 1 aliphatic carbocycles. The zero-order valence-corrected chi connectivity index (χ0v) is 12.8. The molecule has 0 radical (unpaired) electrons. The number of nitrogens with two attached hydrogens (primary N) is 1. The van der Waals surface area contributed by atoms with E-state index in [1.807, 2.05) is 0 Å². The summed E-state index contributed by atoms with van der Waals surface area (Å²) in [5.41, 5.74) is 6.53. The molecule has 0 saturated carbocycles. The minimum absolute atomic E-state index is 0.161. The number of aryl methyl sites for hydroxylation is 1. The van der Waals surface area contributed by atoms with Crippen LogP contribution in [0.25, 0.3) is 0 Å². The van der Waals surface area contributed by atoms with Crippen molar-refractivity contribution in [3.63, 3.8) is 0 Å². The lowest BCUT2D eigenvalue weighted by atomic mass is 10.1. The van der Waals surface area contributed by atoms with Gasteiger partial charge in [-0.05, 0) is 31.0 Å². The molecular weight excluding hydrogens is 318 g/mol. The highest BCUT2D eigenvalue weighted by molar-refractivity contribution is 7.16. The van der Waals surface area contributed by atoms with E-state index in [-0.39, 0.29) is 24.5 Å². The Balaban J connectivity index is 1.54. The highest BCUT2D eigenvalue weighted by Crippen LogP contribution is 2.38. The lowest BCUT2D eigenvalue weighted by molar-refractivity contribution is -0.119. The van der Waals surface area contributed by atoms with E-state index in [0.717, 1.165) is 11.3 Å². The van der Waals surface area contributed by atoms with Crippen molar-refractivity contribution in [1.29, 1.82) is 0 Å². The number of ether oxygens (including phenoxy) is 2. The number of hydrogen-bond donors (Lipinski definition) is 2. The van der Waals surface area contributed by atoms with Gasteiger partial charge in [-0.15, -0.1) is 11.3 Å². The van der Waals surface area contributed by atoms with Crippen molar-refractivity contribution in [2.75, 3.05) is 12.1 Å². The lowest BCUT2D eigenvalue weighted by Crippen LogP contribution is -2.20. The summed E-state index contributed by atoms with van der Waals surface area (Å²) in [6, 6.07) is 4.99. The highest BCUT2D eigenvalue weighted by atomic mass is 32.1. The second-order valence-electron chi connectivity index (χ2n) is 5.34. The predicted molar refractivity (Wildman–Crippen MR) is 82.9 cm³/mol. The zero-order chi connectivity index (χ0) is 16.0. The molecule has 1 unspecified atom stereocenters. The molecule has 2 amide bonds. The number of carbonyl (C=O) groups excluding carboxylic acids is 2. The first-order valence-corrected chi connectivity index (χ1v) is 7.93. The number of primary amides is 1. The Morgan fingerprint density at radius 3 is 2.96 bits per heavy atom. The summed E-state index contributed by atoms with van der Waals surface area (Å²) in [5, 5.41) is 3.23. The van der Waals surface area contributed by atoms with Gasteiger partial charge in [0.2, 0.25) is 12.7 Å². The van der Waals surface area contributed by atoms with Crippen molar-refractivity contribution >= 4 is 28.3 Å². The fraction of sp³-hybridized carbons (Fsp3) is 0.267. The van der Waals surface area contributed by atoms with Gasteiger partial charge < -0.3 is 15.2 Å². The molecular formula is C15H13N3O4S. The summed E-state index contributed by atoms with van der Waals surface area (Å²) < 4.78 is 10.5. The van der Waals surface area contributed by atoms with Crippen molar-refractivity contribution in [2.24, 2.45) is 5.73 Å². The third-order valence-corrected chi connectivity index (χ3v) is 4.96. The number of anilines is 1. The van der Waals surface area contributed by atoms with Gasteiger partial charge in [-0.25, -0.2) is 4.98 Å². The Labute approximate surface area is 135 Å². The van der Waals surface area contributed by atoms with E-state index in [0.29, 0.717) is 34.3 Å². The molecule has 1 aromatic carbocycles. The third kappa shape index (κ3) is 2.40. The van der Waals surface area contributed by atoms with Crippen LogP contribution in [0.5, 0.6) is 11.5 Å². The Hall–Kier alpha value is -2.61. The molecule has 2 aromatic rings. The number of nitrogens with one attached hydrogen (secondary N) is 1. The predicted octanol–water partition coefficient (Wildman–Crippen LogP) is 1.64. The molecule has 0 bridgehead atoms. The maximum absolute atomic E-state index is 12.3. The fourth-order valence-corrected chi connectivity index (χ4v) is 3.80. The average Bonchev–Trinajstić information content (AvgIpc) is 3.20. The molecule has 7 nitrogen and oxygen atoms in total. The topological polar surface area (TPSA) is 104 Å². The molecule has 23 heavy (non-hydrogen) atoms. The summed E-state index contributed by atoms with van der Waals surface area (Å²) in [6.45, 7) is 0.161. The molecule has 1 atom stereocenters. The number of fused-ring (bicyclic) bond motifs is 2. The molecule has 118 valence electrons. The normalized spacial score (nSPS) is 17.8. The van der Waals surface area contributed by atoms with Gasteiger partial charge in [0.1, 0.15) is 0 Å². The van der Waals surface area contributed by atoms with Crippen LogP contribution in [-0.2, 0) is 11.2 Å². The van der Waals surface area contributed by atoms with Crippen molar-refractivity contribution in [3.05, 3.63) is 34.3 Å². The van der Waals surface area contributed by atoms with Crippen molar-refractivity contribution in [3.8, 4) is 11.5 Å². The van der Waals surface area contributed by atoms with Gasteiger partial charge in [0.15, 0.2) is 16.6 Å². The molecule has 2 heterocycles. The second-order valence-corrected chi connectivity index (χ2v) is 6.43. The fourth-order valence-electron chi connectivity index (χ4n) is 2.76. The van der Waals surface area contributed by atoms with E-state index in [1.165, 1.54) is 11.3 Å². The molecule has 0 spiro atoms. The van der Waals surface area contributed by atoms with E-state index in [2.05, 4.69) is 10.3 Å². The van der Waals surface area contributed by atoms with Crippen molar-refractivity contribution in [2.45, 2.75) is 18.8 Å². The molecule has 0 fully saturated rings. The average molecular weight is 331 g/mol. The Morgan fingerprint density at radius 2 is 2.13 bits per heavy atom. The number of thiazole rings is 1. The summed E-state index contributed by atoms with van der Waals surface area (Å²) in [4.78, 5) is 29.1. The van der Waals surface area contributed by atoms with Gasteiger partial charge in [0.25, 0.3) is 5.91 Å². The zero-order valence-electron chi connectivity index (χ0n) is 12.0. The van der Waals surface area contributed by atoms with Crippen LogP contribution in [0.4, 0.5) is 5.13 Å². The monoisotopic (exact) mass is 331 g/mol. The smallest absolute Gasteiger partial charge is 0.257 e. The molecule has 3 N–H and O–H groups in total. The maximum Gasteiger partial charge on any atom is 0.257 e. The van der Waals surface area contributed by atoms with Crippen LogP contribution in [0.15, 0.2) is 18.2 Å². The van der Waals surface area contributed by atoms with E-state index in [4.69, 9.17) is 15.2 Å². The van der Waals surface area contributed by atoms with E-state index < -0.39 is 0 Å². The van der Waals surface area contributed by atoms with Crippen molar-refractivity contribution in [1.82, 2.24) is 4.98 Å². The number of nitrogens with zero attached hydrogens (tertiary/aromatic N) is 1. The number of rotatable bonds is 3. The van der Waals surface area contributed by atoms with Crippen LogP contribution in [0, 0.1) is 0 Å². The van der Waals surface area contributed by atoms with Crippen LogP contribution in [0.1, 0.15) is 33.3 Å². The second kappa shape index (κ2) is 5.24. The number of amides is 2. The number of hydrogen-bond acceptors (Lipinski definition) is 6. The van der Waals surface area contributed by atoms with Crippen LogP contribution in [-0.4, -0.2) is 23.6 Å². The summed E-state index contributed by atoms with van der Waals surface area (Å²) in [7, 11) is 0. The minimum Gasteiger partial charge on any atom is -0.454 e. The van der Waals surface area contributed by atoms with Gasteiger partial charge in [0.05, 0.1) is 11.6 Å². The highest BCUT2D eigenvalue weighted by Gasteiger charge is 2.31. The molecule has 1 aromatic heterocycles. The SMILES string of the molecule is NC(=O)C1CCc2sc(NC(=O)c3ccc4c(c3)OCO4)nc21. The van der Waals surface area contributed by atoms with E-state index >= 15 is 0 Å². The van der Waals surface area contributed by atoms with Crippen molar-refractivity contribution < 1.29 is 19.1 Å². The van der Waals surface area contributed by atoms with Gasteiger partial charge in [-0.2, -0.15) is 0 Å². The quantitative estimate of drug-likeness (QED) is 0.890. The largest absolute Gasteiger partial charge is 0.454 e. The summed E-state index contributed by atoms with van der Waals surface area (Å²) >= 11 is 1.38.